The van der Waals surface area contributed by atoms with Crippen molar-refractivity contribution in [2.45, 2.75) is 18.1 Å². The number of ether oxygens (including phenoxy) is 1. The summed E-state index contributed by atoms with van der Waals surface area (Å²) in [5.74, 6) is 5.55. The molecule has 2 rings (SSSR count). The largest absolute Gasteiger partial charge is 0.390 e. The molecule has 2 aliphatic rings. The molecule has 0 radical (unpaired) electrons. The number of rotatable bonds is 0. The molecule has 1 aliphatic carbocycles. The van der Waals surface area contributed by atoms with Gasteiger partial charge in [0.15, 0.2) is 0 Å². The van der Waals surface area contributed by atoms with E-state index in [1.807, 2.05) is 0 Å². The highest BCUT2D eigenvalue weighted by atomic mass is 16.5. The standard InChI is InChI=1S/C6H12N2O2/c7-8-1-2-10-6(4-8)3-5(6)9/h5,9H,1-4,7H2. The first-order valence-electron chi connectivity index (χ1n) is 3.55. The van der Waals surface area contributed by atoms with E-state index in [0.717, 1.165) is 13.0 Å². The second-order valence-electron chi connectivity index (χ2n) is 3.10. The van der Waals surface area contributed by atoms with Gasteiger partial charge in [-0.3, -0.25) is 5.84 Å². The second-order valence-corrected chi connectivity index (χ2v) is 3.10. The van der Waals surface area contributed by atoms with E-state index in [1.165, 1.54) is 0 Å². The van der Waals surface area contributed by atoms with Crippen LogP contribution in [0.2, 0.25) is 0 Å². The van der Waals surface area contributed by atoms with E-state index >= 15 is 0 Å². The molecule has 1 heterocycles. The summed E-state index contributed by atoms with van der Waals surface area (Å²) >= 11 is 0. The maximum Gasteiger partial charge on any atom is 0.111 e. The Morgan fingerprint density at radius 2 is 2.40 bits per heavy atom. The Morgan fingerprint density at radius 1 is 1.70 bits per heavy atom. The van der Waals surface area contributed by atoms with Crippen LogP contribution >= 0.6 is 0 Å². The topological polar surface area (TPSA) is 58.7 Å². The molecule has 1 saturated heterocycles. The van der Waals surface area contributed by atoms with Gasteiger partial charge in [0.1, 0.15) is 5.60 Å². The normalized spacial score (nSPS) is 48.0. The number of aliphatic hydroxyl groups excluding tert-OH is 1. The zero-order valence-electron chi connectivity index (χ0n) is 5.79. The molecule has 58 valence electrons. The van der Waals surface area contributed by atoms with Crippen molar-refractivity contribution in [1.82, 2.24) is 5.01 Å². The number of aliphatic hydroxyl groups is 1. The molecule has 10 heavy (non-hydrogen) atoms. The number of hydrogen-bond acceptors (Lipinski definition) is 4. The van der Waals surface area contributed by atoms with Gasteiger partial charge in [0.05, 0.1) is 12.7 Å². The first kappa shape index (κ1) is 6.54. The molecule has 2 atom stereocenters. The molecule has 1 saturated carbocycles. The smallest absolute Gasteiger partial charge is 0.111 e. The van der Waals surface area contributed by atoms with Crippen molar-refractivity contribution in [2.24, 2.45) is 5.84 Å². The molecule has 0 amide bonds. The van der Waals surface area contributed by atoms with Gasteiger partial charge in [0.2, 0.25) is 0 Å². The lowest BCUT2D eigenvalue weighted by Gasteiger charge is -2.29. The molecule has 1 spiro atoms. The number of hydrazine groups is 1. The fourth-order valence-electron chi connectivity index (χ4n) is 1.43. The Kier molecular flexibility index (Phi) is 1.25. The quantitative estimate of drug-likeness (QED) is 0.415. The first-order chi connectivity index (χ1) is 4.73. The average Bonchev–Trinajstić information content (AvgIpc) is 2.41. The maximum absolute atomic E-state index is 9.15. The van der Waals surface area contributed by atoms with Crippen molar-refractivity contribution >= 4 is 0 Å². The third-order valence-electron chi connectivity index (χ3n) is 2.22. The Hall–Kier alpha value is -0.160. The monoisotopic (exact) mass is 144 g/mol. The van der Waals surface area contributed by atoms with Gasteiger partial charge < -0.3 is 9.84 Å². The molecule has 4 nitrogen and oxygen atoms in total. The lowest BCUT2D eigenvalue weighted by Crippen LogP contribution is -2.49. The molecule has 2 fully saturated rings. The number of morpholine rings is 1. The highest BCUT2D eigenvalue weighted by molar-refractivity contribution is 5.08. The summed E-state index contributed by atoms with van der Waals surface area (Å²) in [6.45, 7) is 2.09. The summed E-state index contributed by atoms with van der Waals surface area (Å²) in [6.07, 6.45) is 0.472. The van der Waals surface area contributed by atoms with Gasteiger partial charge in [-0.1, -0.05) is 0 Å². The van der Waals surface area contributed by atoms with Crippen molar-refractivity contribution in [3.05, 3.63) is 0 Å². The minimum Gasteiger partial charge on any atom is -0.390 e. The van der Waals surface area contributed by atoms with Crippen molar-refractivity contribution in [1.29, 1.82) is 0 Å². The summed E-state index contributed by atoms with van der Waals surface area (Å²) in [5, 5.41) is 10.9. The summed E-state index contributed by atoms with van der Waals surface area (Å²) in [7, 11) is 0. The molecule has 3 N–H and O–H groups in total. The van der Waals surface area contributed by atoms with Gasteiger partial charge >= 0.3 is 0 Å². The minimum absolute atomic E-state index is 0.279. The highest BCUT2D eigenvalue weighted by Crippen LogP contribution is 2.41. The molecule has 0 bridgehead atoms. The molecular formula is C6H12N2O2. The van der Waals surface area contributed by atoms with Crippen LogP contribution in [0.4, 0.5) is 0 Å². The lowest BCUT2D eigenvalue weighted by atomic mass is 10.3. The zero-order valence-corrected chi connectivity index (χ0v) is 5.79. The van der Waals surface area contributed by atoms with Crippen molar-refractivity contribution < 1.29 is 9.84 Å². The minimum atomic E-state index is -0.285. The molecule has 2 unspecified atom stereocenters. The maximum atomic E-state index is 9.15. The van der Waals surface area contributed by atoms with E-state index in [9.17, 15) is 0 Å². The van der Waals surface area contributed by atoms with Gasteiger partial charge in [-0.15, -0.1) is 0 Å². The molecule has 0 aromatic carbocycles. The number of hydrogen-bond donors (Lipinski definition) is 2. The van der Waals surface area contributed by atoms with E-state index in [-0.39, 0.29) is 11.7 Å². The van der Waals surface area contributed by atoms with Crippen LogP contribution in [0.15, 0.2) is 0 Å². The Morgan fingerprint density at radius 3 is 2.80 bits per heavy atom. The van der Waals surface area contributed by atoms with Gasteiger partial charge in [0, 0.05) is 19.5 Å². The van der Waals surface area contributed by atoms with Gasteiger partial charge in [-0.2, -0.15) is 0 Å². The van der Waals surface area contributed by atoms with Crippen LogP contribution in [-0.4, -0.2) is 41.5 Å². The molecule has 0 aromatic rings. The lowest BCUT2D eigenvalue weighted by molar-refractivity contribution is -0.0678. The molecule has 4 heteroatoms. The van der Waals surface area contributed by atoms with E-state index in [1.54, 1.807) is 5.01 Å². The molecule has 1 aliphatic heterocycles. The Bertz CT molecular complexity index is 153. The van der Waals surface area contributed by atoms with Crippen LogP contribution in [0, 0.1) is 0 Å². The van der Waals surface area contributed by atoms with E-state index in [0.29, 0.717) is 13.2 Å². The first-order valence-corrected chi connectivity index (χ1v) is 3.55. The van der Waals surface area contributed by atoms with Gasteiger partial charge in [-0.05, 0) is 0 Å². The fraction of sp³-hybridized carbons (Fsp3) is 1.00. The summed E-state index contributed by atoms with van der Waals surface area (Å²) in [6, 6.07) is 0. The predicted octanol–water partition coefficient (Wildman–Crippen LogP) is -1.30. The Balaban J connectivity index is 1.99. The third kappa shape index (κ3) is 0.845. The van der Waals surface area contributed by atoms with Crippen LogP contribution in [-0.2, 0) is 4.74 Å². The average molecular weight is 144 g/mol. The summed E-state index contributed by atoms with van der Waals surface area (Å²) in [5.41, 5.74) is -0.285. The van der Waals surface area contributed by atoms with Crippen molar-refractivity contribution in [3.8, 4) is 0 Å². The fourth-order valence-corrected chi connectivity index (χ4v) is 1.43. The molecular weight excluding hydrogens is 132 g/mol. The third-order valence-corrected chi connectivity index (χ3v) is 2.22. The predicted molar refractivity (Wildman–Crippen MR) is 35.1 cm³/mol. The Labute approximate surface area is 59.5 Å². The molecule has 0 aromatic heterocycles. The number of nitrogens with two attached hydrogens (primary N) is 1. The number of nitrogens with zero attached hydrogens (tertiary/aromatic N) is 1. The van der Waals surface area contributed by atoms with Crippen LogP contribution in [0.3, 0.4) is 0 Å². The highest BCUT2D eigenvalue weighted by Gasteiger charge is 2.57. The zero-order chi connectivity index (χ0) is 7.19. The van der Waals surface area contributed by atoms with Gasteiger partial charge in [-0.25, -0.2) is 5.01 Å². The van der Waals surface area contributed by atoms with Crippen molar-refractivity contribution in [3.63, 3.8) is 0 Å². The van der Waals surface area contributed by atoms with Gasteiger partial charge in [0.25, 0.3) is 0 Å². The van der Waals surface area contributed by atoms with Crippen molar-refractivity contribution in [2.75, 3.05) is 19.7 Å². The van der Waals surface area contributed by atoms with E-state index in [2.05, 4.69) is 0 Å². The van der Waals surface area contributed by atoms with Crippen LogP contribution in [0.5, 0.6) is 0 Å². The van der Waals surface area contributed by atoms with Crippen LogP contribution in [0.1, 0.15) is 6.42 Å². The SMILES string of the molecule is NN1CCOC2(CC2O)C1. The second kappa shape index (κ2) is 1.92. The summed E-state index contributed by atoms with van der Waals surface area (Å²) < 4.78 is 5.39. The summed E-state index contributed by atoms with van der Waals surface area (Å²) in [4.78, 5) is 0. The van der Waals surface area contributed by atoms with Crippen LogP contribution in [0.25, 0.3) is 0 Å². The van der Waals surface area contributed by atoms with E-state index < -0.39 is 0 Å². The van der Waals surface area contributed by atoms with E-state index in [4.69, 9.17) is 15.7 Å². The van der Waals surface area contributed by atoms with Crippen LogP contribution < -0.4 is 5.84 Å².